The largest absolute Gasteiger partial charge is 0.381 e. The number of aliphatic imine (C=N–C) groups is 1. The zero-order chi connectivity index (χ0) is 17.7. The van der Waals surface area contributed by atoms with Gasteiger partial charge in [0.2, 0.25) is 5.89 Å². The van der Waals surface area contributed by atoms with Gasteiger partial charge >= 0.3 is 0 Å². The van der Waals surface area contributed by atoms with Crippen LogP contribution in [0.25, 0.3) is 0 Å². The van der Waals surface area contributed by atoms with Crippen molar-refractivity contribution in [2.45, 2.75) is 39.0 Å². The minimum atomic E-state index is 0.666. The molecular formula is C17H31N5O3. The van der Waals surface area contributed by atoms with Gasteiger partial charge in [0.15, 0.2) is 11.8 Å². The quantitative estimate of drug-likeness (QED) is 0.372. The molecule has 2 rings (SSSR count). The molecule has 1 aliphatic heterocycles. The van der Waals surface area contributed by atoms with E-state index in [-0.39, 0.29) is 0 Å². The van der Waals surface area contributed by atoms with Crippen LogP contribution < -0.4 is 10.6 Å². The minimum absolute atomic E-state index is 0.666. The summed E-state index contributed by atoms with van der Waals surface area (Å²) in [6.07, 6.45) is 4.89. The maximum atomic E-state index is 5.76. The Morgan fingerprint density at radius 3 is 2.68 bits per heavy atom. The third-order valence-electron chi connectivity index (χ3n) is 4.11. The van der Waals surface area contributed by atoms with Crippen molar-refractivity contribution in [3.63, 3.8) is 0 Å². The van der Waals surface area contributed by atoms with Crippen LogP contribution in [0.1, 0.15) is 37.4 Å². The molecule has 1 aromatic rings. The van der Waals surface area contributed by atoms with E-state index in [0.29, 0.717) is 17.6 Å². The first kappa shape index (κ1) is 19.7. The molecule has 0 amide bonds. The van der Waals surface area contributed by atoms with E-state index in [1.54, 1.807) is 7.05 Å². The van der Waals surface area contributed by atoms with Crippen molar-refractivity contribution < 1.29 is 14.0 Å². The minimum Gasteiger partial charge on any atom is -0.381 e. The van der Waals surface area contributed by atoms with Gasteiger partial charge in [0.1, 0.15) is 0 Å². The molecule has 0 aliphatic carbocycles. The highest BCUT2D eigenvalue weighted by molar-refractivity contribution is 5.79. The number of guanidine groups is 1. The summed E-state index contributed by atoms with van der Waals surface area (Å²) in [7, 11) is 1.78. The number of aromatic nitrogens is 2. The van der Waals surface area contributed by atoms with Crippen LogP contribution in [0.2, 0.25) is 0 Å². The van der Waals surface area contributed by atoms with Crippen molar-refractivity contribution in [1.82, 2.24) is 20.8 Å². The molecule has 0 unspecified atom stereocenters. The Balaban J connectivity index is 1.44. The van der Waals surface area contributed by atoms with Gasteiger partial charge in [-0.3, -0.25) is 4.99 Å². The van der Waals surface area contributed by atoms with Gasteiger partial charge in [-0.05, 0) is 38.5 Å². The van der Waals surface area contributed by atoms with Crippen molar-refractivity contribution in [2.24, 2.45) is 10.9 Å². The van der Waals surface area contributed by atoms with E-state index in [1.807, 2.05) is 6.92 Å². The smallest absolute Gasteiger partial charge is 0.226 e. The predicted octanol–water partition coefficient (Wildman–Crippen LogP) is 1.31. The second-order valence-corrected chi connectivity index (χ2v) is 6.25. The van der Waals surface area contributed by atoms with Crippen LogP contribution in [-0.2, 0) is 15.9 Å². The number of ether oxygens (including phenoxy) is 2. The lowest BCUT2D eigenvalue weighted by Crippen LogP contribution is -2.38. The van der Waals surface area contributed by atoms with Gasteiger partial charge < -0.3 is 24.6 Å². The zero-order valence-electron chi connectivity index (χ0n) is 15.4. The van der Waals surface area contributed by atoms with Crippen molar-refractivity contribution in [1.29, 1.82) is 0 Å². The van der Waals surface area contributed by atoms with Gasteiger partial charge in [0.05, 0.1) is 0 Å². The maximum absolute atomic E-state index is 5.76. The molecule has 25 heavy (non-hydrogen) atoms. The fraction of sp³-hybridized carbons (Fsp3) is 0.824. The molecule has 2 heterocycles. The average Bonchev–Trinajstić information content (AvgIpc) is 3.05. The summed E-state index contributed by atoms with van der Waals surface area (Å²) in [5.41, 5.74) is 0. The molecule has 0 bridgehead atoms. The topological polar surface area (TPSA) is 93.8 Å². The second kappa shape index (κ2) is 11.8. The number of rotatable bonds is 10. The van der Waals surface area contributed by atoms with Gasteiger partial charge in [0.25, 0.3) is 0 Å². The van der Waals surface area contributed by atoms with Gasteiger partial charge in [-0.25, -0.2) is 0 Å². The van der Waals surface area contributed by atoms with Crippen molar-refractivity contribution in [2.75, 3.05) is 46.6 Å². The molecule has 0 spiro atoms. The number of hydrogen-bond donors (Lipinski definition) is 2. The molecule has 8 heteroatoms. The fourth-order valence-electron chi connectivity index (χ4n) is 2.65. The predicted molar refractivity (Wildman–Crippen MR) is 95.7 cm³/mol. The molecule has 0 aromatic carbocycles. The van der Waals surface area contributed by atoms with Crippen molar-refractivity contribution in [3.05, 3.63) is 11.7 Å². The first-order valence-electron chi connectivity index (χ1n) is 9.17. The maximum Gasteiger partial charge on any atom is 0.226 e. The molecule has 0 radical (unpaired) electrons. The molecule has 1 saturated heterocycles. The lowest BCUT2D eigenvalue weighted by atomic mass is 10.0. The number of aryl methyl sites for hydroxylation is 2. The first-order valence-corrected chi connectivity index (χ1v) is 9.17. The first-order chi connectivity index (χ1) is 12.3. The molecule has 8 nitrogen and oxygen atoms in total. The van der Waals surface area contributed by atoms with E-state index in [9.17, 15) is 0 Å². The van der Waals surface area contributed by atoms with E-state index in [2.05, 4.69) is 25.8 Å². The highest BCUT2D eigenvalue weighted by Gasteiger charge is 2.13. The summed E-state index contributed by atoms with van der Waals surface area (Å²) < 4.78 is 16.2. The zero-order valence-corrected chi connectivity index (χ0v) is 15.4. The molecule has 0 atom stereocenters. The Morgan fingerprint density at radius 1 is 1.24 bits per heavy atom. The van der Waals surface area contributed by atoms with Gasteiger partial charge in [-0.2, -0.15) is 4.98 Å². The molecule has 1 aliphatic rings. The monoisotopic (exact) mass is 353 g/mol. The van der Waals surface area contributed by atoms with Gasteiger partial charge in [-0.1, -0.05) is 5.16 Å². The van der Waals surface area contributed by atoms with Crippen LogP contribution in [0.4, 0.5) is 0 Å². The number of nitrogens with one attached hydrogen (secondary N) is 2. The molecule has 1 fully saturated rings. The van der Waals surface area contributed by atoms with E-state index in [0.717, 1.165) is 77.6 Å². The van der Waals surface area contributed by atoms with Crippen molar-refractivity contribution in [3.8, 4) is 0 Å². The van der Waals surface area contributed by atoms with E-state index < -0.39 is 0 Å². The Hall–Kier alpha value is -1.67. The van der Waals surface area contributed by atoms with E-state index in [1.165, 1.54) is 0 Å². The Labute approximate surface area is 149 Å². The van der Waals surface area contributed by atoms with Crippen LogP contribution in [0.15, 0.2) is 9.52 Å². The van der Waals surface area contributed by atoms with Crippen LogP contribution >= 0.6 is 0 Å². The van der Waals surface area contributed by atoms with E-state index >= 15 is 0 Å². The summed E-state index contributed by atoms with van der Waals surface area (Å²) in [5, 5.41) is 10.4. The SMILES string of the molecule is CN=C(NCCCOCC1CCOCC1)NCCCc1nc(C)no1. The van der Waals surface area contributed by atoms with Crippen LogP contribution in [0.5, 0.6) is 0 Å². The molecule has 142 valence electrons. The summed E-state index contributed by atoms with van der Waals surface area (Å²) >= 11 is 0. The van der Waals surface area contributed by atoms with Gasteiger partial charge in [0, 0.05) is 53.0 Å². The Morgan fingerprint density at radius 2 is 2.00 bits per heavy atom. The molecular weight excluding hydrogens is 322 g/mol. The summed E-state index contributed by atoms with van der Waals surface area (Å²) in [6, 6.07) is 0. The Kier molecular flexibility index (Phi) is 9.28. The second-order valence-electron chi connectivity index (χ2n) is 6.25. The summed E-state index contributed by atoms with van der Waals surface area (Å²) in [4.78, 5) is 8.40. The molecule has 0 saturated carbocycles. The van der Waals surface area contributed by atoms with E-state index in [4.69, 9.17) is 14.0 Å². The average molecular weight is 353 g/mol. The van der Waals surface area contributed by atoms with Crippen molar-refractivity contribution >= 4 is 5.96 Å². The summed E-state index contributed by atoms with van der Waals surface area (Å²) in [5.74, 6) is 2.84. The number of hydrogen-bond acceptors (Lipinski definition) is 6. The highest BCUT2D eigenvalue weighted by atomic mass is 16.5. The lowest BCUT2D eigenvalue weighted by Gasteiger charge is -2.21. The number of nitrogens with zero attached hydrogens (tertiary/aromatic N) is 3. The fourth-order valence-corrected chi connectivity index (χ4v) is 2.65. The van der Waals surface area contributed by atoms with Gasteiger partial charge in [-0.15, -0.1) is 0 Å². The standard InChI is InChI=1S/C17H31N5O3/c1-14-21-16(25-22-14)5-3-8-19-17(18-2)20-9-4-10-24-13-15-6-11-23-12-7-15/h15H,3-13H2,1-2H3,(H2,18,19,20). The lowest BCUT2D eigenvalue weighted by molar-refractivity contribution is 0.0203. The molecule has 1 aromatic heterocycles. The Bertz CT molecular complexity index is 500. The van der Waals surface area contributed by atoms with Crippen LogP contribution in [0.3, 0.4) is 0 Å². The third kappa shape index (κ3) is 8.31. The van der Waals surface area contributed by atoms with Crippen LogP contribution in [-0.4, -0.2) is 62.7 Å². The highest BCUT2D eigenvalue weighted by Crippen LogP contribution is 2.14. The normalized spacial score (nSPS) is 16.2. The van der Waals surface area contributed by atoms with Crippen LogP contribution in [0, 0.1) is 12.8 Å². The third-order valence-corrected chi connectivity index (χ3v) is 4.11. The summed E-state index contributed by atoms with van der Waals surface area (Å²) in [6.45, 7) is 6.86. The molecule has 2 N–H and O–H groups in total.